The fourth-order valence-corrected chi connectivity index (χ4v) is 5.17. The van der Waals surface area contributed by atoms with Crippen LogP contribution in [-0.4, -0.2) is 34.1 Å². The highest BCUT2D eigenvalue weighted by Gasteiger charge is 2.29. The topological polar surface area (TPSA) is 38.1 Å². The van der Waals surface area contributed by atoms with Crippen molar-refractivity contribution in [3.63, 3.8) is 0 Å². The van der Waals surface area contributed by atoms with E-state index in [1.54, 1.807) is 5.56 Å². The SMILES string of the molecule is CC.CCC=O.CCCC1CC(c2ccc(CN3CCC(Cn4cc(C(C)C)cn4)CC3)cc2)C1. The van der Waals surface area contributed by atoms with Crippen LogP contribution >= 0.6 is 0 Å². The van der Waals surface area contributed by atoms with Crippen LogP contribution < -0.4 is 0 Å². The summed E-state index contributed by atoms with van der Waals surface area (Å²) in [6.45, 7) is 17.2. The molecule has 4 nitrogen and oxygen atoms in total. The van der Waals surface area contributed by atoms with Gasteiger partial charge in [-0.15, -0.1) is 0 Å². The molecule has 0 unspecified atom stereocenters. The number of aromatic nitrogens is 2. The molecule has 1 aliphatic heterocycles. The molecule has 0 N–H and O–H groups in total. The van der Waals surface area contributed by atoms with E-state index < -0.39 is 0 Å². The highest BCUT2D eigenvalue weighted by atomic mass is 16.1. The minimum absolute atomic E-state index is 0.569. The summed E-state index contributed by atoms with van der Waals surface area (Å²) in [6.07, 6.45) is 14.0. The summed E-state index contributed by atoms with van der Waals surface area (Å²) >= 11 is 0. The number of rotatable bonds is 9. The molecule has 2 fully saturated rings. The van der Waals surface area contributed by atoms with E-state index in [2.05, 4.69) is 65.9 Å². The third-order valence-corrected chi connectivity index (χ3v) is 7.43. The van der Waals surface area contributed by atoms with Crippen LogP contribution in [0.2, 0.25) is 0 Å². The monoisotopic (exact) mass is 481 g/mol. The van der Waals surface area contributed by atoms with Crippen LogP contribution in [0.5, 0.6) is 0 Å². The average molecular weight is 482 g/mol. The van der Waals surface area contributed by atoms with Crippen molar-refractivity contribution in [3.05, 3.63) is 53.3 Å². The normalized spacial score (nSPS) is 20.3. The second-order valence-corrected chi connectivity index (χ2v) is 10.5. The maximum absolute atomic E-state index is 9.17. The number of aldehydes is 1. The van der Waals surface area contributed by atoms with Gasteiger partial charge >= 0.3 is 0 Å². The van der Waals surface area contributed by atoms with Gasteiger partial charge in [0.1, 0.15) is 6.29 Å². The van der Waals surface area contributed by atoms with Crippen molar-refractivity contribution >= 4 is 6.29 Å². The van der Waals surface area contributed by atoms with Crippen LogP contribution in [0, 0.1) is 11.8 Å². The van der Waals surface area contributed by atoms with Crippen molar-refractivity contribution in [2.45, 2.75) is 111 Å². The lowest BCUT2D eigenvalue weighted by atomic mass is 9.70. The minimum atomic E-state index is 0.569. The number of hydrogen-bond donors (Lipinski definition) is 0. The Morgan fingerprint density at radius 2 is 1.66 bits per heavy atom. The summed E-state index contributed by atoms with van der Waals surface area (Å²) in [5.74, 6) is 3.15. The Morgan fingerprint density at radius 3 is 2.17 bits per heavy atom. The van der Waals surface area contributed by atoms with Gasteiger partial charge in [0.05, 0.1) is 6.20 Å². The van der Waals surface area contributed by atoms with Crippen LogP contribution in [0.4, 0.5) is 0 Å². The Bertz CT molecular complexity index is 812. The van der Waals surface area contributed by atoms with Gasteiger partial charge in [-0.25, -0.2) is 0 Å². The average Bonchev–Trinajstić information content (AvgIpc) is 3.33. The number of hydrogen-bond acceptors (Lipinski definition) is 3. The largest absolute Gasteiger partial charge is 0.303 e. The molecule has 0 radical (unpaired) electrons. The Morgan fingerprint density at radius 1 is 1.03 bits per heavy atom. The van der Waals surface area contributed by atoms with Gasteiger partial charge in [-0.1, -0.05) is 78.6 Å². The number of benzene rings is 1. The van der Waals surface area contributed by atoms with Crippen molar-refractivity contribution in [1.29, 1.82) is 0 Å². The fraction of sp³-hybridized carbons (Fsp3) is 0.677. The van der Waals surface area contributed by atoms with E-state index in [1.165, 1.54) is 62.7 Å². The van der Waals surface area contributed by atoms with E-state index >= 15 is 0 Å². The van der Waals surface area contributed by atoms with Gasteiger partial charge in [0.25, 0.3) is 0 Å². The highest BCUT2D eigenvalue weighted by Crippen LogP contribution is 2.43. The second-order valence-electron chi connectivity index (χ2n) is 10.5. The zero-order valence-electron chi connectivity index (χ0n) is 23.4. The zero-order valence-corrected chi connectivity index (χ0v) is 23.4. The molecule has 0 amide bonds. The predicted molar refractivity (Wildman–Crippen MR) is 149 cm³/mol. The first kappa shape index (κ1) is 29.3. The molecule has 0 spiro atoms. The molecule has 0 atom stereocenters. The summed E-state index contributed by atoms with van der Waals surface area (Å²) in [7, 11) is 0. The molecule has 1 saturated carbocycles. The van der Waals surface area contributed by atoms with E-state index in [-0.39, 0.29) is 0 Å². The van der Waals surface area contributed by atoms with Crippen LogP contribution in [0.3, 0.4) is 0 Å². The van der Waals surface area contributed by atoms with Crippen molar-refractivity contribution in [3.8, 4) is 0 Å². The third kappa shape index (κ3) is 9.56. The molecule has 1 saturated heterocycles. The molecule has 196 valence electrons. The number of likely N-dealkylation sites (tertiary alicyclic amines) is 1. The van der Waals surface area contributed by atoms with Crippen LogP contribution in [-0.2, 0) is 17.9 Å². The summed E-state index contributed by atoms with van der Waals surface area (Å²) in [6, 6.07) is 9.56. The molecule has 4 rings (SSSR count). The van der Waals surface area contributed by atoms with E-state index in [0.717, 1.165) is 37.1 Å². The van der Waals surface area contributed by atoms with E-state index in [9.17, 15) is 4.79 Å². The zero-order chi connectivity index (χ0) is 25.6. The molecule has 35 heavy (non-hydrogen) atoms. The molecule has 4 heteroatoms. The lowest BCUT2D eigenvalue weighted by Gasteiger charge is -2.36. The number of nitrogens with zero attached hydrogens (tertiary/aromatic N) is 3. The molecule has 1 aromatic carbocycles. The third-order valence-electron chi connectivity index (χ3n) is 7.43. The van der Waals surface area contributed by atoms with Gasteiger partial charge in [-0.05, 0) is 79.1 Å². The van der Waals surface area contributed by atoms with Crippen LogP contribution in [0.1, 0.15) is 115 Å². The molecular weight excluding hydrogens is 430 g/mol. The Labute approximate surface area is 215 Å². The quantitative estimate of drug-likeness (QED) is 0.342. The highest BCUT2D eigenvalue weighted by molar-refractivity contribution is 5.48. The molecule has 2 heterocycles. The molecule has 1 aliphatic carbocycles. The van der Waals surface area contributed by atoms with E-state index in [4.69, 9.17) is 0 Å². The van der Waals surface area contributed by atoms with Crippen LogP contribution in [0.25, 0.3) is 0 Å². The molecule has 1 aromatic heterocycles. The second kappa shape index (κ2) is 15.9. The minimum Gasteiger partial charge on any atom is -0.303 e. The van der Waals surface area contributed by atoms with Gasteiger partial charge in [-0.2, -0.15) is 5.10 Å². The maximum Gasteiger partial charge on any atom is 0.119 e. The maximum atomic E-state index is 9.17. The Balaban J connectivity index is 0.000000655. The fourth-order valence-electron chi connectivity index (χ4n) is 5.17. The number of carbonyl (C=O) groups excluding carboxylic acids is 1. The number of carbonyl (C=O) groups is 1. The predicted octanol–water partition coefficient (Wildman–Crippen LogP) is 7.83. The number of piperidine rings is 1. The first-order chi connectivity index (χ1) is 17.0. The van der Waals surface area contributed by atoms with Crippen LogP contribution in [0.15, 0.2) is 36.7 Å². The van der Waals surface area contributed by atoms with Crippen molar-refractivity contribution in [2.24, 2.45) is 11.8 Å². The summed E-state index contributed by atoms with van der Waals surface area (Å²) in [5.41, 5.74) is 4.40. The van der Waals surface area contributed by atoms with E-state index in [1.807, 2.05) is 27.0 Å². The van der Waals surface area contributed by atoms with Crippen molar-refractivity contribution < 1.29 is 4.79 Å². The molecular formula is C31H51N3O. The Kier molecular flexibility index (Phi) is 13.3. The molecule has 2 aliphatic rings. The summed E-state index contributed by atoms with van der Waals surface area (Å²) in [5, 5.41) is 4.57. The smallest absolute Gasteiger partial charge is 0.119 e. The molecule has 2 aromatic rings. The summed E-state index contributed by atoms with van der Waals surface area (Å²) in [4.78, 5) is 11.8. The van der Waals surface area contributed by atoms with Gasteiger partial charge in [-0.3, -0.25) is 9.58 Å². The lowest BCUT2D eigenvalue weighted by molar-refractivity contribution is -0.107. The van der Waals surface area contributed by atoms with E-state index in [0.29, 0.717) is 12.3 Å². The lowest BCUT2D eigenvalue weighted by Crippen LogP contribution is -2.34. The van der Waals surface area contributed by atoms with Crippen molar-refractivity contribution in [1.82, 2.24) is 14.7 Å². The first-order valence-corrected chi connectivity index (χ1v) is 14.3. The molecule has 0 bridgehead atoms. The Hall–Kier alpha value is -1.94. The first-order valence-electron chi connectivity index (χ1n) is 14.3. The van der Waals surface area contributed by atoms with Gasteiger partial charge in [0.15, 0.2) is 0 Å². The standard InChI is InChI=1S/C26H39N3.C3H6O.C2H6/c1-4-5-23-14-25(15-23)24-8-6-21(7-9-24)17-28-12-10-22(11-13-28)18-29-19-26(16-27-29)20(2)3;1-2-3-4;1-2/h6-9,16,19-20,22-23,25H,4-5,10-15,17-18H2,1-3H3;3H,2H2,1H3;1-2H3. The van der Waals surface area contributed by atoms with Gasteiger partial charge < -0.3 is 4.79 Å². The van der Waals surface area contributed by atoms with Gasteiger partial charge in [0.2, 0.25) is 0 Å². The van der Waals surface area contributed by atoms with Gasteiger partial charge in [0, 0.05) is 25.7 Å². The van der Waals surface area contributed by atoms with Crippen molar-refractivity contribution in [2.75, 3.05) is 13.1 Å². The summed E-state index contributed by atoms with van der Waals surface area (Å²) < 4.78 is 2.17.